The average molecular weight is 492 g/mol. The van der Waals surface area contributed by atoms with Crippen LogP contribution in [0.15, 0.2) is 29.3 Å². The summed E-state index contributed by atoms with van der Waals surface area (Å²) in [5.74, 6) is 1.72. The first kappa shape index (κ1) is 25.9. The van der Waals surface area contributed by atoms with E-state index in [0.29, 0.717) is 19.8 Å². The van der Waals surface area contributed by atoms with Crippen molar-refractivity contribution in [1.82, 2.24) is 15.5 Å². The lowest BCUT2D eigenvalue weighted by Gasteiger charge is -2.18. The quantitative estimate of drug-likeness (QED) is 0.192. The molecule has 6 nitrogen and oxygen atoms in total. The molecule has 0 atom stereocenters. The summed E-state index contributed by atoms with van der Waals surface area (Å²) in [5, 5.41) is 6.52. The lowest BCUT2D eigenvalue weighted by atomic mass is 10.2. The lowest BCUT2D eigenvalue weighted by Crippen LogP contribution is -2.39. The van der Waals surface area contributed by atoms with Crippen molar-refractivity contribution >= 4 is 29.9 Å². The number of guanidine groups is 1. The summed E-state index contributed by atoms with van der Waals surface area (Å²) < 4.78 is 11.2. The van der Waals surface area contributed by atoms with Gasteiger partial charge in [-0.1, -0.05) is 26.0 Å². The highest BCUT2D eigenvalue weighted by molar-refractivity contribution is 14.0. The van der Waals surface area contributed by atoms with Crippen LogP contribution in [0.2, 0.25) is 0 Å². The molecule has 2 N–H and O–H groups in total. The van der Waals surface area contributed by atoms with Crippen LogP contribution < -0.4 is 15.4 Å². The fraction of sp³-hybridized carbons (Fsp3) is 0.650. The molecule has 0 amide bonds. The van der Waals surface area contributed by atoms with Crippen LogP contribution in [-0.2, 0) is 11.3 Å². The number of likely N-dealkylation sites (N-methyl/N-ethyl adjacent to an activating group) is 1. The summed E-state index contributed by atoms with van der Waals surface area (Å²) >= 11 is 0. The van der Waals surface area contributed by atoms with Crippen molar-refractivity contribution in [1.29, 1.82) is 0 Å². The van der Waals surface area contributed by atoms with Gasteiger partial charge in [0.2, 0.25) is 0 Å². The first-order valence-electron chi connectivity index (χ1n) is 9.77. The second-order valence-corrected chi connectivity index (χ2v) is 5.84. The molecule has 0 unspecified atom stereocenters. The van der Waals surface area contributed by atoms with Gasteiger partial charge in [0.15, 0.2) is 5.96 Å². The molecule has 0 aliphatic rings. The van der Waals surface area contributed by atoms with Crippen LogP contribution in [0.5, 0.6) is 5.75 Å². The Morgan fingerprint density at radius 2 is 1.70 bits per heavy atom. The van der Waals surface area contributed by atoms with E-state index in [4.69, 9.17) is 9.47 Å². The van der Waals surface area contributed by atoms with Gasteiger partial charge in [0.25, 0.3) is 0 Å². The van der Waals surface area contributed by atoms with Gasteiger partial charge in [0.05, 0.1) is 13.2 Å². The summed E-state index contributed by atoms with van der Waals surface area (Å²) in [6.07, 6.45) is 0. The molecule has 0 heterocycles. The Hall–Kier alpha value is -1.06. The predicted molar refractivity (Wildman–Crippen MR) is 124 cm³/mol. The summed E-state index contributed by atoms with van der Waals surface area (Å²) in [7, 11) is 0. The first-order valence-corrected chi connectivity index (χ1v) is 9.77. The van der Waals surface area contributed by atoms with E-state index in [1.165, 1.54) is 0 Å². The Balaban J connectivity index is 0.00000676. The maximum atomic E-state index is 5.82. The van der Waals surface area contributed by atoms with Gasteiger partial charge < -0.3 is 25.0 Å². The van der Waals surface area contributed by atoms with Crippen LogP contribution in [0.1, 0.15) is 33.3 Å². The molecule has 1 rings (SSSR count). The summed E-state index contributed by atoms with van der Waals surface area (Å²) in [6.45, 7) is 15.8. The van der Waals surface area contributed by atoms with E-state index in [1.54, 1.807) is 0 Å². The molecule has 0 bridgehead atoms. The largest absolute Gasteiger partial charge is 0.492 e. The zero-order chi connectivity index (χ0) is 19.0. The van der Waals surface area contributed by atoms with Crippen molar-refractivity contribution in [3.05, 3.63) is 29.8 Å². The highest BCUT2D eigenvalue weighted by Crippen LogP contribution is 2.13. The fourth-order valence-electron chi connectivity index (χ4n) is 2.42. The molecule has 0 spiro atoms. The normalized spacial score (nSPS) is 11.2. The number of hydrogen-bond donors (Lipinski definition) is 2. The minimum atomic E-state index is 0. The Bertz CT molecular complexity index is 493. The zero-order valence-electron chi connectivity index (χ0n) is 17.3. The molecule has 7 heteroatoms. The molecule has 0 aliphatic carbocycles. The van der Waals surface area contributed by atoms with Crippen LogP contribution in [0.25, 0.3) is 0 Å². The van der Waals surface area contributed by atoms with Gasteiger partial charge in [-0.15, -0.1) is 24.0 Å². The van der Waals surface area contributed by atoms with Gasteiger partial charge in [-0.3, -0.25) is 0 Å². The highest BCUT2D eigenvalue weighted by Gasteiger charge is 2.01. The van der Waals surface area contributed by atoms with E-state index in [-0.39, 0.29) is 24.0 Å². The summed E-state index contributed by atoms with van der Waals surface area (Å²) in [6, 6.07) is 8.17. The third kappa shape index (κ3) is 12.1. The van der Waals surface area contributed by atoms with E-state index in [0.717, 1.165) is 56.6 Å². The van der Waals surface area contributed by atoms with Gasteiger partial charge >= 0.3 is 0 Å². The SMILES string of the molecule is CCNC(=NCc1ccc(OCCN(CC)CC)cc1)NCCOCC.I. The number of benzene rings is 1. The van der Waals surface area contributed by atoms with Crippen molar-refractivity contribution < 1.29 is 9.47 Å². The predicted octanol–water partition coefficient (Wildman–Crippen LogP) is 3.12. The van der Waals surface area contributed by atoms with Crippen molar-refractivity contribution in [2.45, 2.75) is 34.2 Å². The third-order valence-corrected chi connectivity index (χ3v) is 4.00. The van der Waals surface area contributed by atoms with E-state index in [2.05, 4.69) is 53.4 Å². The van der Waals surface area contributed by atoms with E-state index in [1.807, 2.05) is 19.1 Å². The van der Waals surface area contributed by atoms with Gasteiger partial charge in [-0.05, 0) is 44.6 Å². The van der Waals surface area contributed by atoms with Crippen LogP contribution in [-0.4, -0.2) is 63.4 Å². The standard InChI is InChI=1S/C20H36N4O2.HI/c1-5-21-20(22-13-15-25-8-4)23-17-18-9-11-19(12-10-18)26-16-14-24(6-2)7-3;/h9-12H,5-8,13-17H2,1-4H3,(H2,21,22,23);1H. The Morgan fingerprint density at radius 3 is 2.30 bits per heavy atom. The number of aliphatic imine (C=N–C) groups is 1. The molecular weight excluding hydrogens is 455 g/mol. The van der Waals surface area contributed by atoms with Crippen molar-refractivity contribution in [2.24, 2.45) is 4.99 Å². The minimum absolute atomic E-state index is 0. The van der Waals surface area contributed by atoms with Crippen LogP contribution in [0, 0.1) is 0 Å². The van der Waals surface area contributed by atoms with Crippen LogP contribution >= 0.6 is 24.0 Å². The van der Waals surface area contributed by atoms with E-state index in [9.17, 15) is 0 Å². The Morgan fingerprint density at radius 1 is 1.00 bits per heavy atom. The molecule has 0 aromatic heterocycles. The third-order valence-electron chi connectivity index (χ3n) is 4.00. The maximum Gasteiger partial charge on any atom is 0.191 e. The topological polar surface area (TPSA) is 58.1 Å². The number of nitrogens with zero attached hydrogens (tertiary/aromatic N) is 2. The first-order chi connectivity index (χ1) is 12.7. The molecule has 1 aromatic rings. The highest BCUT2D eigenvalue weighted by atomic mass is 127. The van der Waals surface area contributed by atoms with E-state index < -0.39 is 0 Å². The van der Waals surface area contributed by atoms with E-state index >= 15 is 0 Å². The van der Waals surface area contributed by atoms with Crippen molar-refractivity contribution in [2.75, 3.05) is 52.5 Å². The van der Waals surface area contributed by atoms with Gasteiger partial charge in [-0.2, -0.15) is 0 Å². The van der Waals surface area contributed by atoms with Gasteiger partial charge in [-0.25, -0.2) is 4.99 Å². The second-order valence-electron chi connectivity index (χ2n) is 5.84. The summed E-state index contributed by atoms with van der Waals surface area (Å²) in [5.41, 5.74) is 1.16. The lowest BCUT2D eigenvalue weighted by molar-refractivity contribution is 0.152. The molecule has 27 heavy (non-hydrogen) atoms. The van der Waals surface area contributed by atoms with Crippen LogP contribution in [0.3, 0.4) is 0 Å². The number of hydrogen-bond acceptors (Lipinski definition) is 4. The molecule has 0 saturated carbocycles. The molecule has 0 saturated heterocycles. The number of ether oxygens (including phenoxy) is 2. The molecular formula is C20H37IN4O2. The molecule has 0 fully saturated rings. The Kier molecular flexibility index (Phi) is 16.4. The molecule has 156 valence electrons. The number of halogens is 1. The number of rotatable bonds is 13. The summed E-state index contributed by atoms with van der Waals surface area (Å²) in [4.78, 5) is 6.96. The van der Waals surface area contributed by atoms with Crippen LogP contribution in [0.4, 0.5) is 0 Å². The monoisotopic (exact) mass is 492 g/mol. The van der Waals surface area contributed by atoms with Crippen molar-refractivity contribution in [3.8, 4) is 5.75 Å². The fourth-order valence-corrected chi connectivity index (χ4v) is 2.42. The van der Waals surface area contributed by atoms with Gasteiger partial charge in [0.1, 0.15) is 12.4 Å². The van der Waals surface area contributed by atoms with Crippen molar-refractivity contribution in [3.63, 3.8) is 0 Å². The minimum Gasteiger partial charge on any atom is -0.492 e. The Labute approximate surface area is 182 Å². The molecule has 0 aliphatic heterocycles. The number of nitrogens with one attached hydrogen (secondary N) is 2. The van der Waals surface area contributed by atoms with Gasteiger partial charge in [0, 0.05) is 26.2 Å². The zero-order valence-corrected chi connectivity index (χ0v) is 19.6. The molecule has 1 aromatic carbocycles. The average Bonchev–Trinajstić information content (AvgIpc) is 2.67. The second kappa shape index (κ2) is 17.1. The molecule has 0 radical (unpaired) electrons. The smallest absolute Gasteiger partial charge is 0.191 e. The maximum absolute atomic E-state index is 5.82.